The Morgan fingerprint density at radius 2 is 1.86 bits per heavy atom. The first-order valence-electron chi connectivity index (χ1n) is 11.7. The Kier molecular flexibility index (Phi) is 7.20. The van der Waals surface area contributed by atoms with Gasteiger partial charge in [0.25, 0.3) is 5.91 Å². The van der Waals surface area contributed by atoms with Crippen molar-refractivity contribution in [1.29, 1.82) is 0 Å². The number of carbonyl (C=O) groups excluding carboxylic acids is 1. The topological polar surface area (TPSA) is 85.3 Å². The molecule has 37 heavy (non-hydrogen) atoms. The van der Waals surface area contributed by atoms with Crippen LogP contribution in [0.5, 0.6) is 17.2 Å². The highest BCUT2D eigenvalue weighted by Gasteiger charge is 2.50. The van der Waals surface area contributed by atoms with Crippen LogP contribution in [-0.4, -0.2) is 49.4 Å². The van der Waals surface area contributed by atoms with Crippen molar-refractivity contribution >= 4 is 50.0 Å². The Bertz CT molecular complexity index is 1470. The van der Waals surface area contributed by atoms with Crippen LogP contribution in [0.3, 0.4) is 0 Å². The monoisotopic (exact) mass is 556 g/mol. The molecule has 1 amide bonds. The molecule has 0 spiro atoms. The summed E-state index contributed by atoms with van der Waals surface area (Å²) in [5.74, 6) is 1.50. The summed E-state index contributed by atoms with van der Waals surface area (Å²) < 4.78 is 36.4. The molecule has 2 heterocycles. The molecule has 2 saturated heterocycles. The Morgan fingerprint density at radius 1 is 1.08 bits per heavy atom. The third-order valence-electron chi connectivity index (χ3n) is 6.20. The first kappa shape index (κ1) is 25.6. The van der Waals surface area contributed by atoms with Gasteiger partial charge in [0.05, 0.1) is 36.8 Å². The lowest BCUT2D eigenvalue weighted by atomic mass is 10.1. The number of amidine groups is 1. The largest absolute Gasteiger partial charge is 0.497 e. The van der Waals surface area contributed by atoms with Gasteiger partial charge < -0.3 is 14.4 Å². The Balaban J connectivity index is 1.50. The zero-order valence-corrected chi connectivity index (χ0v) is 22.6. The number of amides is 1. The quantitative estimate of drug-likeness (QED) is 0.407. The number of carbonyl (C=O) groups is 1. The lowest BCUT2D eigenvalue weighted by Gasteiger charge is -2.27. The molecule has 3 aromatic carbocycles. The highest BCUT2D eigenvalue weighted by molar-refractivity contribution is 8.16. The molecule has 192 valence electrons. The van der Waals surface area contributed by atoms with E-state index in [2.05, 4.69) is 4.99 Å². The number of methoxy groups -OCH3 is 1. The lowest BCUT2D eigenvalue weighted by molar-refractivity contribution is -0.117. The van der Waals surface area contributed by atoms with Crippen LogP contribution in [0, 0.1) is 6.92 Å². The van der Waals surface area contributed by atoms with E-state index in [1.807, 2.05) is 48.2 Å². The van der Waals surface area contributed by atoms with E-state index in [4.69, 9.17) is 21.1 Å². The van der Waals surface area contributed by atoms with Crippen LogP contribution in [0.25, 0.3) is 0 Å². The first-order chi connectivity index (χ1) is 17.7. The molecule has 2 unspecified atom stereocenters. The number of ether oxygens (including phenoxy) is 2. The van der Waals surface area contributed by atoms with Gasteiger partial charge in [-0.15, -0.1) is 0 Å². The molecule has 10 heteroatoms. The summed E-state index contributed by atoms with van der Waals surface area (Å²) in [7, 11) is -1.64. The molecule has 0 bridgehead atoms. The maximum absolute atomic E-state index is 13.0. The number of anilines is 1. The van der Waals surface area contributed by atoms with Crippen molar-refractivity contribution in [2.24, 2.45) is 4.99 Å². The van der Waals surface area contributed by atoms with Crippen LogP contribution in [0.4, 0.5) is 5.69 Å². The lowest BCUT2D eigenvalue weighted by Crippen LogP contribution is -2.38. The van der Waals surface area contributed by atoms with Gasteiger partial charge in [0.1, 0.15) is 11.5 Å². The van der Waals surface area contributed by atoms with E-state index in [-0.39, 0.29) is 35.1 Å². The van der Waals surface area contributed by atoms with Crippen LogP contribution in [0.15, 0.2) is 71.7 Å². The number of aliphatic imine (C=N–C) groups is 1. The molecule has 2 fully saturated rings. The number of fused-ring (bicyclic) bond motifs is 1. The average molecular weight is 557 g/mol. The summed E-state index contributed by atoms with van der Waals surface area (Å²) in [6, 6.07) is 19.7. The standard InChI is InChI=1S/C27H25ClN2O5S2/c1-17-4-3-5-21(12-17)35-24-11-8-19(28)14-22(24)30-23-15-37(32,33)16-25(23)36-27(30)29-26(31)13-18-6-9-20(34-2)10-7-18/h3-12,14,23,25H,13,15-16H2,1-2H3. The molecule has 0 saturated carbocycles. The van der Waals surface area contributed by atoms with E-state index in [1.165, 1.54) is 11.8 Å². The molecular weight excluding hydrogens is 532 g/mol. The smallest absolute Gasteiger partial charge is 0.252 e. The summed E-state index contributed by atoms with van der Waals surface area (Å²) in [6.07, 6.45) is 0.109. The van der Waals surface area contributed by atoms with Gasteiger partial charge in [-0.2, -0.15) is 4.99 Å². The predicted octanol–water partition coefficient (Wildman–Crippen LogP) is 5.29. The fraction of sp³-hybridized carbons (Fsp3) is 0.259. The summed E-state index contributed by atoms with van der Waals surface area (Å²) in [6.45, 7) is 1.97. The van der Waals surface area contributed by atoms with Crippen LogP contribution in [-0.2, 0) is 21.1 Å². The molecule has 0 N–H and O–H groups in total. The highest BCUT2D eigenvalue weighted by Crippen LogP contribution is 2.45. The van der Waals surface area contributed by atoms with E-state index in [1.54, 1.807) is 37.4 Å². The second kappa shape index (κ2) is 10.4. The Morgan fingerprint density at radius 3 is 2.59 bits per heavy atom. The zero-order chi connectivity index (χ0) is 26.2. The first-order valence-corrected chi connectivity index (χ1v) is 14.7. The molecule has 2 atom stereocenters. The third-order valence-corrected chi connectivity index (χ3v) is 9.64. The normalized spacial score (nSPS) is 21.2. The molecule has 0 radical (unpaired) electrons. The number of halogens is 1. The molecular formula is C27H25ClN2O5S2. The van der Waals surface area contributed by atoms with Gasteiger partial charge in [0, 0.05) is 10.3 Å². The SMILES string of the molecule is COc1ccc(CC(=O)N=C2SC3CS(=O)(=O)CC3N2c2cc(Cl)ccc2Oc2cccc(C)c2)cc1. The van der Waals surface area contributed by atoms with Crippen molar-refractivity contribution in [2.45, 2.75) is 24.6 Å². The average Bonchev–Trinajstić information content (AvgIpc) is 3.31. The van der Waals surface area contributed by atoms with Gasteiger partial charge in [0.2, 0.25) is 0 Å². The maximum atomic E-state index is 13.0. The number of thioether (sulfide) groups is 1. The molecule has 2 aliphatic rings. The van der Waals surface area contributed by atoms with E-state index in [9.17, 15) is 13.2 Å². The second-order valence-corrected chi connectivity index (χ2v) is 12.8. The zero-order valence-electron chi connectivity index (χ0n) is 20.3. The fourth-order valence-corrected chi connectivity index (χ4v) is 8.57. The van der Waals surface area contributed by atoms with E-state index < -0.39 is 9.84 Å². The van der Waals surface area contributed by atoms with E-state index in [0.29, 0.717) is 33.1 Å². The fourth-order valence-electron chi connectivity index (χ4n) is 4.48. The van der Waals surface area contributed by atoms with Gasteiger partial charge in [0.15, 0.2) is 20.8 Å². The van der Waals surface area contributed by atoms with Crippen molar-refractivity contribution < 1.29 is 22.7 Å². The summed E-state index contributed by atoms with van der Waals surface area (Å²) in [4.78, 5) is 19.2. The third kappa shape index (κ3) is 5.79. The minimum absolute atomic E-state index is 0.0269. The second-order valence-electron chi connectivity index (χ2n) is 9.01. The van der Waals surface area contributed by atoms with Gasteiger partial charge in [-0.25, -0.2) is 8.42 Å². The maximum Gasteiger partial charge on any atom is 0.252 e. The molecule has 0 aromatic heterocycles. The van der Waals surface area contributed by atoms with E-state index in [0.717, 1.165) is 11.1 Å². The Labute approximate surface area is 225 Å². The molecule has 3 aromatic rings. The van der Waals surface area contributed by atoms with Crippen molar-refractivity contribution in [2.75, 3.05) is 23.5 Å². The number of rotatable bonds is 6. The minimum Gasteiger partial charge on any atom is -0.497 e. The Hall–Kier alpha value is -3.01. The predicted molar refractivity (Wildman–Crippen MR) is 148 cm³/mol. The molecule has 2 aliphatic heterocycles. The van der Waals surface area contributed by atoms with Crippen LogP contribution in [0.1, 0.15) is 11.1 Å². The van der Waals surface area contributed by atoms with Crippen molar-refractivity contribution in [1.82, 2.24) is 0 Å². The van der Waals surface area contributed by atoms with Gasteiger partial charge in [-0.3, -0.25) is 4.79 Å². The number of hydrogen-bond donors (Lipinski definition) is 0. The van der Waals surface area contributed by atoms with Crippen molar-refractivity contribution in [3.05, 3.63) is 82.9 Å². The number of benzene rings is 3. The highest BCUT2D eigenvalue weighted by atomic mass is 35.5. The summed E-state index contributed by atoms with van der Waals surface area (Å²) >= 11 is 7.70. The minimum atomic E-state index is -3.23. The summed E-state index contributed by atoms with van der Waals surface area (Å²) in [5, 5.41) is 0.660. The molecule has 5 rings (SSSR count). The number of nitrogens with zero attached hydrogens (tertiary/aromatic N) is 2. The van der Waals surface area contributed by atoms with Gasteiger partial charge in [-0.1, -0.05) is 47.6 Å². The molecule has 0 aliphatic carbocycles. The van der Waals surface area contributed by atoms with Gasteiger partial charge >= 0.3 is 0 Å². The van der Waals surface area contributed by atoms with Gasteiger partial charge in [-0.05, 0) is 60.5 Å². The van der Waals surface area contributed by atoms with Crippen molar-refractivity contribution in [3.8, 4) is 17.2 Å². The summed E-state index contributed by atoms with van der Waals surface area (Å²) in [5.41, 5.74) is 2.42. The van der Waals surface area contributed by atoms with E-state index >= 15 is 0 Å². The number of sulfone groups is 1. The van der Waals surface area contributed by atoms with Crippen LogP contribution >= 0.6 is 23.4 Å². The molecule has 7 nitrogen and oxygen atoms in total. The number of aryl methyl sites for hydroxylation is 1. The van der Waals surface area contributed by atoms with Crippen LogP contribution < -0.4 is 14.4 Å². The number of hydrogen-bond acceptors (Lipinski definition) is 6. The van der Waals surface area contributed by atoms with Crippen molar-refractivity contribution in [3.63, 3.8) is 0 Å². The van der Waals surface area contributed by atoms with Crippen LogP contribution in [0.2, 0.25) is 5.02 Å².